The van der Waals surface area contributed by atoms with Gasteiger partial charge in [0.25, 0.3) is 0 Å². The van der Waals surface area contributed by atoms with E-state index in [0.717, 1.165) is 41.8 Å². The van der Waals surface area contributed by atoms with Crippen LogP contribution in [0, 0.1) is 5.82 Å². The van der Waals surface area contributed by atoms with Crippen molar-refractivity contribution in [2.75, 3.05) is 26.2 Å². The molecular formula is C17H18BrFN2. The van der Waals surface area contributed by atoms with Crippen molar-refractivity contribution in [3.63, 3.8) is 0 Å². The molecule has 110 valence electrons. The average molecular weight is 349 g/mol. The van der Waals surface area contributed by atoms with Gasteiger partial charge in [-0.15, -0.1) is 0 Å². The molecule has 3 rings (SSSR count). The highest BCUT2D eigenvalue weighted by Crippen LogP contribution is 2.31. The second-order valence-electron chi connectivity index (χ2n) is 5.27. The van der Waals surface area contributed by atoms with Crippen LogP contribution < -0.4 is 5.32 Å². The highest BCUT2D eigenvalue weighted by atomic mass is 79.9. The normalized spacial score (nSPS) is 17.6. The minimum atomic E-state index is -0.138. The summed E-state index contributed by atoms with van der Waals surface area (Å²) in [7, 11) is 0. The van der Waals surface area contributed by atoms with Crippen molar-refractivity contribution < 1.29 is 4.39 Å². The van der Waals surface area contributed by atoms with Gasteiger partial charge in [-0.25, -0.2) is 4.39 Å². The van der Waals surface area contributed by atoms with Crippen molar-refractivity contribution in [2.45, 2.75) is 6.04 Å². The third-order valence-corrected chi connectivity index (χ3v) is 4.37. The summed E-state index contributed by atoms with van der Waals surface area (Å²) < 4.78 is 15.4. The van der Waals surface area contributed by atoms with Gasteiger partial charge in [-0.2, -0.15) is 0 Å². The molecule has 0 radical (unpaired) electrons. The second-order valence-corrected chi connectivity index (χ2v) is 6.18. The molecule has 0 amide bonds. The minimum absolute atomic E-state index is 0.0363. The molecule has 0 bridgehead atoms. The van der Waals surface area contributed by atoms with Crippen LogP contribution in [0.2, 0.25) is 0 Å². The van der Waals surface area contributed by atoms with Crippen LogP contribution in [0.3, 0.4) is 0 Å². The van der Waals surface area contributed by atoms with Gasteiger partial charge in [-0.3, -0.25) is 4.90 Å². The predicted octanol–water partition coefficient (Wildman–Crippen LogP) is 3.58. The zero-order valence-electron chi connectivity index (χ0n) is 11.7. The SMILES string of the molecule is Fc1ccccc1C(c1cccc(Br)c1)N1CCNCC1. The van der Waals surface area contributed by atoms with Crippen molar-refractivity contribution in [2.24, 2.45) is 0 Å². The maximum absolute atomic E-state index is 14.3. The Bertz CT molecular complexity index is 611. The van der Waals surface area contributed by atoms with E-state index in [0.29, 0.717) is 0 Å². The smallest absolute Gasteiger partial charge is 0.128 e. The lowest BCUT2D eigenvalue weighted by Crippen LogP contribution is -2.45. The average Bonchev–Trinajstić information content (AvgIpc) is 2.51. The van der Waals surface area contributed by atoms with Crippen molar-refractivity contribution in [3.05, 3.63) is 69.9 Å². The number of halogens is 2. The van der Waals surface area contributed by atoms with E-state index in [4.69, 9.17) is 0 Å². The zero-order chi connectivity index (χ0) is 14.7. The molecule has 1 atom stereocenters. The Kier molecular flexibility index (Phi) is 4.68. The van der Waals surface area contributed by atoms with Crippen LogP contribution in [-0.4, -0.2) is 31.1 Å². The van der Waals surface area contributed by atoms with Gasteiger partial charge < -0.3 is 5.32 Å². The van der Waals surface area contributed by atoms with Gasteiger partial charge in [0.2, 0.25) is 0 Å². The largest absolute Gasteiger partial charge is 0.314 e. The van der Waals surface area contributed by atoms with Crippen LogP contribution in [0.1, 0.15) is 17.2 Å². The van der Waals surface area contributed by atoms with E-state index in [1.54, 1.807) is 12.1 Å². The maximum atomic E-state index is 14.3. The first kappa shape index (κ1) is 14.7. The van der Waals surface area contributed by atoms with Crippen molar-refractivity contribution in [1.29, 1.82) is 0 Å². The van der Waals surface area contributed by atoms with Gasteiger partial charge in [0, 0.05) is 36.2 Å². The Labute approximate surface area is 133 Å². The Hall–Kier alpha value is -1.23. The van der Waals surface area contributed by atoms with Gasteiger partial charge in [0.1, 0.15) is 5.82 Å². The van der Waals surface area contributed by atoms with Gasteiger partial charge in [-0.1, -0.05) is 46.3 Å². The van der Waals surface area contributed by atoms with Gasteiger partial charge >= 0.3 is 0 Å². The number of nitrogens with zero attached hydrogens (tertiary/aromatic N) is 1. The number of hydrogen-bond acceptors (Lipinski definition) is 2. The fourth-order valence-electron chi connectivity index (χ4n) is 2.90. The molecule has 1 fully saturated rings. The van der Waals surface area contributed by atoms with Crippen LogP contribution in [0.25, 0.3) is 0 Å². The van der Waals surface area contributed by atoms with Crippen molar-refractivity contribution in [3.8, 4) is 0 Å². The van der Waals surface area contributed by atoms with E-state index in [2.05, 4.69) is 38.3 Å². The van der Waals surface area contributed by atoms with Crippen LogP contribution in [0.5, 0.6) is 0 Å². The molecule has 0 saturated carbocycles. The summed E-state index contributed by atoms with van der Waals surface area (Å²) in [5.74, 6) is -0.138. The van der Waals surface area contributed by atoms with Crippen LogP contribution in [0.15, 0.2) is 53.0 Å². The summed E-state index contributed by atoms with van der Waals surface area (Å²) in [5, 5.41) is 3.35. The molecule has 0 aliphatic carbocycles. The van der Waals surface area contributed by atoms with Crippen LogP contribution >= 0.6 is 15.9 Å². The van der Waals surface area contributed by atoms with Gasteiger partial charge in [0.05, 0.1) is 6.04 Å². The summed E-state index contributed by atoms with van der Waals surface area (Å²) >= 11 is 3.52. The Morgan fingerprint density at radius 2 is 1.81 bits per heavy atom. The van der Waals surface area contributed by atoms with Crippen molar-refractivity contribution in [1.82, 2.24) is 10.2 Å². The Morgan fingerprint density at radius 3 is 2.52 bits per heavy atom. The molecule has 1 aliphatic rings. The molecule has 0 spiro atoms. The molecule has 1 saturated heterocycles. The lowest BCUT2D eigenvalue weighted by atomic mass is 9.96. The quantitative estimate of drug-likeness (QED) is 0.911. The standard InChI is InChI=1S/C17H18BrFN2/c18-14-5-3-4-13(12-14)17(21-10-8-20-9-11-21)15-6-1-2-7-16(15)19/h1-7,12,17,20H,8-11H2. The zero-order valence-corrected chi connectivity index (χ0v) is 13.3. The molecule has 1 unspecified atom stereocenters. The number of hydrogen-bond donors (Lipinski definition) is 1. The molecular weight excluding hydrogens is 331 g/mol. The summed E-state index contributed by atoms with van der Waals surface area (Å²) in [6.45, 7) is 3.73. The maximum Gasteiger partial charge on any atom is 0.128 e. The fourth-order valence-corrected chi connectivity index (χ4v) is 3.32. The summed E-state index contributed by atoms with van der Waals surface area (Å²) in [5.41, 5.74) is 1.87. The first-order valence-electron chi connectivity index (χ1n) is 7.20. The molecule has 4 heteroatoms. The Morgan fingerprint density at radius 1 is 1.05 bits per heavy atom. The van der Waals surface area contributed by atoms with E-state index in [1.165, 1.54) is 0 Å². The predicted molar refractivity (Wildman–Crippen MR) is 86.8 cm³/mol. The van der Waals surface area contributed by atoms with Gasteiger partial charge in [-0.05, 0) is 23.8 Å². The second kappa shape index (κ2) is 6.69. The molecule has 21 heavy (non-hydrogen) atoms. The third kappa shape index (κ3) is 3.34. The Balaban J connectivity index is 2.04. The lowest BCUT2D eigenvalue weighted by molar-refractivity contribution is 0.195. The molecule has 2 nitrogen and oxygen atoms in total. The number of benzene rings is 2. The van der Waals surface area contributed by atoms with E-state index >= 15 is 0 Å². The molecule has 2 aromatic rings. The third-order valence-electron chi connectivity index (χ3n) is 3.88. The van der Waals surface area contributed by atoms with Crippen LogP contribution in [0.4, 0.5) is 4.39 Å². The molecule has 0 aromatic heterocycles. The van der Waals surface area contributed by atoms with E-state index in [1.807, 2.05) is 24.3 Å². The minimum Gasteiger partial charge on any atom is -0.314 e. The monoisotopic (exact) mass is 348 g/mol. The van der Waals surface area contributed by atoms with E-state index < -0.39 is 0 Å². The number of nitrogens with one attached hydrogen (secondary N) is 1. The van der Waals surface area contributed by atoms with E-state index in [-0.39, 0.29) is 11.9 Å². The topological polar surface area (TPSA) is 15.3 Å². The molecule has 1 N–H and O–H groups in total. The summed E-state index contributed by atoms with van der Waals surface area (Å²) in [6.07, 6.45) is 0. The van der Waals surface area contributed by atoms with Crippen LogP contribution in [-0.2, 0) is 0 Å². The summed E-state index contributed by atoms with van der Waals surface area (Å²) in [6, 6.07) is 15.2. The highest BCUT2D eigenvalue weighted by molar-refractivity contribution is 9.10. The lowest BCUT2D eigenvalue weighted by Gasteiger charge is -2.35. The highest BCUT2D eigenvalue weighted by Gasteiger charge is 2.26. The fraction of sp³-hybridized carbons (Fsp3) is 0.294. The summed E-state index contributed by atoms with van der Waals surface area (Å²) in [4.78, 5) is 2.34. The number of piperazine rings is 1. The first-order valence-corrected chi connectivity index (χ1v) is 7.99. The van der Waals surface area contributed by atoms with Gasteiger partial charge in [0.15, 0.2) is 0 Å². The molecule has 2 aromatic carbocycles. The van der Waals surface area contributed by atoms with E-state index in [9.17, 15) is 4.39 Å². The number of rotatable bonds is 3. The first-order chi connectivity index (χ1) is 10.3. The molecule has 1 aliphatic heterocycles. The van der Waals surface area contributed by atoms with Crippen molar-refractivity contribution >= 4 is 15.9 Å². The molecule has 1 heterocycles.